The van der Waals surface area contributed by atoms with E-state index in [1.807, 2.05) is 36.4 Å². The van der Waals surface area contributed by atoms with Gasteiger partial charge >= 0.3 is 0 Å². The van der Waals surface area contributed by atoms with Gasteiger partial charge in [-0.2, -0.15) is 0 Å². The van der Waals surface area contributed by atoms with Crippen molar-refractivity contribution in [1.29, 1.82) is 5.41 Å². The number of hydrogen-bond donors (Lipinski definition) is 2. The maximum atomic E-state index is 11.7. The standard InChI is InChI=1S/C21H22N2O3S/c1-2-15-7-9-17(10-8-15)25-11-4-12-26-18-6-3-5-16(13-18)14-19-20(24)23-21(22)27-19/h3,5-10,13-14H,2,4,11-12H2,1H3,(H2,22,23,24). The molecule has 0 unspecified atom stereocenters. The smallest absolute Gasteiger partial charge is 0.264 e. The second-order valence-corrected chi connectivity index (χ2v) is 7.07. The van der Waals surface area contributed by atoms with Gasteiger partial charge in [0.15, 0.2) is 5.17 Å². The molecule has 6 heteroatoms. The molecule has 2 aromatic carbocycles. The lowest BCUT2D eigenvalue weighted by Gasteiger charge is -2.09. The maximum absolute atomic E-state index is 11.7. The highest BCUT2D eigenvalue weighted by atomic mass is 32.2. The Balaban J connectivity index is 1.45. The Kier molecular flexibility index (Phi) is 6.54. The quantitative estimate of drug-likeness (QED) is 0.529. The number of amides is 1. The van der Waals surface area contributed by atoms with Crippen molar-refractivity contribution < 1.29 is 14.3 Å². The molecule has 1 aliphatic heterocycles. The number of thioether (sulfide) groups is 1. The van der Waals surface area contributed by atoms with Crippen molar-refractivity contribution in [3.63, 3.8) is 0 Å². The fraction of sp³-hybridized carbons (Fsp3) is 0.238. The predicted octanol–water partition coefficient (Wildman–Crippen LogP) is 4.24. The average molecular weight is 382 g/mol. The summed E-state index contributed by atoms with van der Waals surface area (Å²) >= 11 is 1.13. The van der Waals surface area contributed by atoms with E-state index in [2.05, 4.69) is 24.4 Å². The molecule has 2 N–H and O–H groups in total. The van der Waals surface area contributed by atoms with Crippen LogP contribution in [-0.2, 0) is 11.2 Å². The predicted molar refractivity (Wildman–Crippen MR) is 109 cm³/mol. The van der Waals surface area contributed by atoms with Gasteiger partial charge in [0.2, 0.25) is 0 Å². The number of hydrogen-bond acceptors (Lipinski definition) is 5. The molecule has 1 amide bonds. The van der Waals surface area contributed by atoms with E-state index in [1.54, 1.807) is 6.08 Å². The SMILES string of the molecule is CCc1ccc(OCCCOc2cccc(C=C3SC(=N)NC3=O)c2)cc1. The summed E-state index contributed by atoms with van der Waals surface area (Å²) in [6, 6.07) is 15.7. The molecule has 140 valence electrons. The zero-order valence-electron chi connectivity index (χ0n) is 15.2. The number of amidine groups is 1. The van der Waals surface area contributed by atoms with Crippen LogP contribution >= 0.6 is 11.8 Å². The van der Waals surface area contributed by atoms with E-state index >= 15 is 0 Å². The van der Waals surface area contributed by atoms with E-state index in [1.165, 1.54) is 5.56 Å². The first kappa shape index (κ1) is 19.0. The lowest BCUT2D eigenvalue weighted by atomic mass is 10.2. The largest absolute Gasteiger partial charge is 0.493 e. The van der Waals surface area contributed by atoms with Crippen molar-refractivity contribution in [2.24, 2.45) is 0 Å². The first-order valence-corrected chi connectivity index (χ1v) is 9.70. The monoisotopic (exact) mass is 382 g/mol. The van der Waals surface area contributed by atoms with Crippen LogP contribution in [0.25, 0.3) is 6.08 Å². The van der Waals surface area contributed by atoms with E-state index in [4.69, 9.17) is 14.9 Å². The lowest BCUT2D eigenvalue weighted by Crippen LogP contribution is -2.18. The van der Waals surface area contributed by atoms with Crippen LogP contribution in [0.1, 0.15) is 24.5 Å². The molecular weight excluding hydrogens is 360 g/mol. The molecule has 0 spiro atoms. The number of aryl methyl sites for hydroxylation is 1. The maximum Gasteiger partial charge on any atom is 0.264 e. The second kappa shape index (κ2) is 9.28. The van der Waals surface area contributed by atoms with Crippen molar-refractivity contribution in [2.45, 2.75) is 19.8 Å². The van der Waals surface area contributed by atoms with Crippen molar-refractivity contribution in [3.8, 4) is 11.5 Å². The molecule has 0 bridgehead atoms. The first-order valence-electron chi connectivity index (χ1n) is 8.88. The van der Waals surface area contributed by atoms with Gasteiger partial charge in [0.05, 0.1) is 18.1 Å². The molecule has 27 heavy (non-hydrogen) atoms. The summed E-state index contributed by atoms with van der Waals surface area (Å²) in [6.07, 6.45) is 3.56. The van der Waals surface area contributed by atoms with Gasteiger partial charge in [0.1, 0.15) is 11.5 Å². The summed E-state index contributed by atoms with van der Waals surface area (Å²) in [5, 5.41) is 10.1. The summed E-state index contributed by atoms with van der Waals surface area (Å²) < 4.78 is 11.5. The molecular formula is C21H22N2O3S. The molecule has 5 nitrogen and oxygen atoms in total. The van der Waals surface area contributed by atoms with Gasteiger partial charge in [-0.05, 0) is 59.7 Å². The van der Waals surface area contributed by atoms with E-state index in [9.17, 15) is 4.79 Å². The summed E-state index contributed by atoms with van der Waals surface area (Å²) in [5.41, 5.74) is 2.16. The summed E-state index contributed by atoms with van der Waals surface area (Å²) in [6.45, 7) is 3.27. The topological polar surface area (TPSA) is 71.4 Å². The molecule has 1 heterocycles. The molecule has 3 rings (SSSR count). The number of benzene rings is 2. The van der Waals surface area contributed by atoms with Gasteiger partial charge in [-0.3, -0.25) is 10.2 Å². The van der Waals surface area contributed by atoms with E-state index in [-0.39, 0.29) is 11.1 Å². The number of rotatable bonds is 8. The molecule has 1 aliphatic rings. The molecule has 1 fully saturated rings. The van der Waals surface area contributed by atoms with Crippen LogP contribution in [0.3, 0.4) is 0 Å². The minimum absolute atomic E-state index is 0.156. The van der Waals surface area contributed by atoms with Gasteiger partial charge in [0, 0.05) is 6.42 Å². The van der Waals surface area contributed by atoms with Crippen LogP contribution in [0.2, 0.25) is 0 Å². The Labute approximate surface area is 163 Å². The summed E-state index contributed by atoms with van der Waals surface area (Å²) in [5.74, 6) is 1.38. The minimum Gasteiger partial charge on any atom is -0.493 e. The van der Waals surface area contributed by atoms with Crippen molar-refractivity contribution in [2.75, 3.05) is 13.2 Å². The molecule has 0 saturated carbocycles. The van der Waals surface area contributed by atoms with Crippen LogP contribution in [0, 0.1) is 5.41 Å². The molecule has 1 saturated heterocycles. The zero-order chi connectivity index (χ0) is 19.1. The van der Waals surface area contributed by atoms with Gasteiger partial charge < -0.3 is 14.8 Å². The number of carbonyl (C=O) groups is 1. The van der Waals surface area contributed by atoms with Gasteiger partial charge in [-0.25, -0.2) is 0 Å². The second-order valence-electron chi connectivity index (χ2n) is 6.01. The van der Waals surface area contributed by atoms with Crippen LogP contribution in [0.4, 0.5) is 0 Å². The van der Waals surface area contributed by atoms with Crippen molar-refractivity contribution in [3.05, 3.63) is 64.6 Å². The molecule has 0 radical (unpaired) electrons. The van der Waals surface area contributed by atoms with Crippen molar-refractivity contribution >= 4 is 28.9 Å². The lowest BCUT2D eigenvalue weighted by molar-refractivity contribution is -0.115. The van der Waals surface area contributed by atoms with Crippen LogP contribution < -0.4 is 14.8 Å². The third-order valence-corrected chi connectivity index (χ3v) is 4.81. The fourth-order valence-corrected chi connectivity index (χ4v) is 3.25. The highest BCUT2D eigenvalue weighted by Crippen LogP contribution is 2.26. The normalized spacial score (nSPS) is 15.1. The molecule has 0 aromatic heterocycles. The Morgan fingerprint density at radius 2 is 1.81 bits per heavy atom. The van der Waals surface area contributed by atoms with E-state index < -0.39 is 0 Å². The summed E-state index contributed by atoms with van der Waals surface area (Å²) in [7, 11) is 0. The van der Waals surface area contributed by atoms with Gasteiger partial charge in [-0.15, -0.1) is 0 Å². The minimum atomic E-state index is -0.236. The molecule has 0 aliphatic carbocycles. The number of carbonyl (C=O) groups excluding carboxylic acids is 1. The number of nitrogens with one attached hydrogen (secondary N) is 2. The van der Waals surface area contributed by atoms with Gasteiger partial charge in [-0.1, -0.05) is 31.2 Å². The Bertz CT molecular complexity index is 847. The van der Waals surface area contributed by atoms with E-state index in [0.717, 1.165) is 41.7 Å². The Hall–Kier alpha value is -2.73. The van der Waals surface area contributed by atoms with Crippen LogP contribution in [0.5, 0.6) is 11.5 Å². The molecule has 2 aromatic rings. The zero-order valence-corrected chi connectivity index (χ0v) is 16.0. The third-order valence-electron chi connectivity index (χ3n) is 3.98. The summed E-state index contributed by atoms with van der Waals surface area (Å²) in [4.78, 5) is 12.2. The van der Waals surface area contributed by atoms with Crippen molar-refractivity contribution in [1.82, 2.24) is 5.32 Å². The van der Waals surface area contributed by atoms with Crippen LogP contribution in [-0.4, -0.2) is 24.3 Å². The highest BCUT2D eigenvalue weighted by Gasteiger charge is 2.22. The number of ether oxygens (including phenoxy) is 2. The Morgan fingerprint density at radius 1 is 1.07 bits per heavy atom. The average Bonchev–Trinajstić information content (AvgIpc) is 2.99. The Morgan fingerprint density at radius 3 is 2.48 bits per heavy atom. The highest BCUT2D eigenvalue weighted by molar-refractivity contribution is 8.18. The van der Waals surface area contributed by atoms with Crippen LogP contribution in [0.15, 0.2) is 53.4 Å². The first-order chi connectivity index (χ1) is 13.1. The van der Waals surface area contributed by atoms with Gasteiger partial charge in [0.25, 0.3) is 5.91 Å². The van der Waals surface area contributed by atoms with E-state index in [0.29, 0.717) is 18.1 Å². The third kappa shape index (κ3) is 5.62. The fourth-order valence-electron chi connectivity index (χ4n) is 2.55. The molecule has 0 atom stereocenters.